The Hall–Kier alpha value is -0.290. The number of hydrogen-bond acceptors (Lipinski definition) is 2. The highest BCUT2D eigenvalue weighted by Gasteiger charge is 2.42. The maximum atomic E-state index is 12.5. The molecule has 2 saturated heterocycles. The first-order valence-electron chi connectivity index (χ1n) is 5.95. The first-order valence-corrected chi connectivity index (χ1v) is 5.95. The number of rotatable bonds is 1. The smallest absolute Gasteiger partial charge is 0.381 e. The number of piperidine rings is 1. The molecule has 0 amide bonds. The minimum Gasteiger partial charge on any atom is -0.381 e. The summed E-state index contributed by atoms with van der Waals surface area (Å²) in [5, 5.41) is 3.07. The normalized spacial score (nSPS) is 33.9. The van der Waals surface area contributed by atoms with Crippen molar-refractivity contribution in [1.82, 2.24) is 5.32 Å². The predicted octanol–water partition coefficient (Wildman–Crippen LogP) is 2.34. The number of ether oxygens (including phenoxy) is 1. The van der Waals surface area contributed by atoms with Crippen LogP contribution in [0.2, 0.25) is 0 Å². The fourth-order valence-electron chi connectivity index (χ4n) is 2.68. The lowest BCUT2D eigenvalue weighted by Crippen LogP contribution is -2.48. The molecule has 5 heteroatoms. The molecule has 16 heavy (non-hydrogen) atoms. The molecule has 0 bridgehead atoms. The van der Waals surface area contributed by atoms with E-state index in [2.05, 4.69) is 5.32 Å². The van der Waals surface area contributed by atoms with Gasteiger partial charge in [0.15, 0.2) is 0 Å². The first kappa shape index (κ1) is 12.2. The standard InChI is InChI=1S/C11H18F3NO/c12-11(13,14)9-1-2-10(15-7-9)8-3-5-16-6-4-8/h8-10,15H,1-7H2. The highest BCUT2D eigenvalue weighted by Crippen LogP contribution is 2.34. The molecule has 1 N–H and O–H groups in total. The van der Waals surface area contributed by atoms with Crippen molar-refractivity contribution in [3.63, 3.8) is 0 Å². The minimum atomic E-state index is -4.03. The Kier molecular flexibility index (Phi) is 3.74. The highest BCUT2D eigenvalue weighted by molar-refractivity contribution is 4.86. The molecule has 2 rings (SSSR count). The van der Waals surface area contributed by atoms with Gasteiger partial charge in [0.2, 0.25) is 0 Å². The summed E-state index contributed by atoms with van der Waals surface area (Å²) >= 11 is 0. The molecule has 0 aliphatic carbocycles. The first-order chi connectivity index (χ1) is 7.57. The van der Waals surface area contributed by atoms with Crippen LogP contribution in [0.4, 0.5) is 13.2 Å². The molecule has 2 unspecified atom stereocenters. The highest BCUT2D eigenvalue weighted by atomic mass is 19.4. The largest absolute Gasteiger partial charge is 0.393 e. The second-order valence-corrected chi connectivity index (χ2v) is 4.78. The van der Waals surface area contributed by atoms with E-state index in [1.54, 1.807) is 0 Å². The predicted molar refractivity (Wildman–Crippen MR) is 54.1 cm³/mol. The Morgan fingerprint density at radius 3 is 2.19 bits per heavy atom. The lowest BCUT2D eigenvalue weighted by molar-refractivity contribution is -0.180. The van der Waals surface area contributed by atoms with E-state index in [1.165, 1.54) is 0 Å². The van der Waals surface area contributed by atoms with E-state index >= 15 is 0 Å². The monoisotopic (exact) mass is 237 g/mol. The number of nitrogens with one attached hydrogen (secondary N) is 1. The van der Waals surface area contributed by atoms with Crippen molar-refractivity contribution in [2.45, 2.75) is 37.9 Å². The van der Waals surface area contributed by atoms with Gasteiger partial charge in [-0.05, 0) is 31.6 Å². The zero-order valence-corrected chi connectivity index (χ0v) is 9.22. The third kappa shape index (κ3) is 2.88. The molecule has 94 valence electrons. The molecular weight excluding hydrogens is 219 g/mol. The molecule has 0 aromatic heterocycles. The van der Waals surface area contributed by atoms with E-state index in [4.69, 9.17) is 4.74 Å². The van der Waals surface area contributed by atoms with E-state index in [-0.39, 0.29) is 19.0 Å². The van der Waals surface area contributed by atoms with E-state index in [0.717, 1.165) is 26.1 Å². The van der Waals surface area contributed by atoms with Gasteiger partial charge in [-0.3, -0.25) is 0 Å². The van der Waals surface area contributed by atoms with E-state index in [9.17, 15) is 13.2 Å². The lowest BCUT2D eigenvalue weighted by Gasteiger charge is -2.37. The van der Waals surface area contributed by atoms with Crippen molar-refractivity contribution in [3.8, 4) is 0 Å². The summed E-state index contributed by atoms with van der Waals surface area (Å²) < 4.78 is 42.6. The average molecular weight is 237 g/mol. The van der Waals surface area contributed by atoms with E-state index < -0.39 is 12.1 Å². The van der Waals surface area contributed by atoms with Crippen LogP contribution in [0.5, 0.6) is 0 Å². The SMILES string of the molecule is FC(F)(F)C1CCC(C2CCOCC2)NC1. The van der Waals surface area contributed by atoms with Crippen LogP contribution >= 0.6 is 0 Å². The average Bonchev–Trinajstić information content (AvgIpc) is 2.29. The lowest BCUT2D eigenvalue weighted by atomic mass is 9.83. The molecule has 0 radical (unpaired) electrons. The molecule has 2 aliphatic heterocycles. The maximum Gasteiger partial charge on any atom is 0.393 e. The van der Waals surface area contributed by atoms with Gasteiger partial charge < -0.3 is 10.1 Å². The molecule has 0 saturated carbocycles. The van der Waals surface area contributed by atoms with Crippen LogP contribution < -0.4 is 5.32 Å². The number of halogens is 3. The molecule has 2 fully saturated rings. The zero-order chi connectivity index (χ0) is 11.6. The van der Waals surface area contributed by atoms with Crippen LogP contribution in [0.25, 0.3) is 0 Å². The Labute approximate surface area is 93.5 Å². The van der Waals surface area contributed by atoms with E-state index in [1.807, 2.05) is 0 Å². The second kappa shape index (κ2) is 4.92. The molecule has 0 spiro atoms. The molecule has 0 aromatic rings. The Morgan fingerprint density at radius 1 is 1.00 bits per heavy atom. The fourth-order valence-corrected chi connectivity index (χ4v) is 2.68. The van der Waals surface area contributed by atoms with Gasteiger partial charge in [0.25, 0.3) is 0 Å². The van der Waals surface area contributed by atoms with Crippen molar-refractivity contribution < 1.29 is 17.9 Å². The van der Waals surface area contributed by atoms with Gasteiger partial charge in [-0.15, -0.1) is 0 Å². The maximum absolute atomic E-state index is 12.5. The second-order valence-electron chi connectivity index (χ2n) is 4.78. The van der Waals surface area contributed by atoms with Crippen LogP contribution in [0.1, 0.15) is 25.7 Å². The minimum absolute atomic E-state index is 0.0888. The summed E-state index contributed by atoms with van der Waals surface area (Å²) in [6.07, 6.45) is -1.15. The van der Waals surface area contributed by atoms with Gasteiger partial charge >= 0.3 is 6.18 Å². The summed E-state index contributed by atoms with van der Waals surface area (Å²) in [5.41, 5.74) is 0. The molecule has 0 aromatic carbocycles. The Bertz CT molecular complexity index is 218. The van der Waals surface area contributed by atoms with Gasteiger partial charge in [-0.1, -0.05) is 0 Å². The summed E-state index contributed by atoms with van der Waals surface area (Å²) in [6.45, 7) is 1.60. The molecule has 2 aliphatic rings. The molecule has 2 heterocycles. The van der Waals surface area contributed by atoms with Crippen LogP contribution in [0.3, 0.4) is 0 Å². The third-order valence-corrected chi connectivity index (χ3v) is 3.75. The molecule has 2 nitrogen and oxygen atoms in total. The molecule has 2 atom stereocenters. The van der Waals surface area contributed by atoms with Crippen molar-refractivity contribution in [2.24, 2.45) is 11.8 Å². The summed E-state index contributed by atoms with van der Waals surface area (Å²) in [5.74, 6) is -0.647. The van der Waals surface area contributed by atoms with Crippen molar-refractivity contribution in [1.29, 1.82) is 0 Å². The van der Waals surface area contributed by atoms with Crippen molar-refractivity contribution >= 4 is 0 Å². The van der Waals surface area contributed by atoms with Crippen molar-refractivity contribution in [2.75, 3.05) is 19.8 Å². The van der Waals surface area contributed by atoms with Gasteiger partial charge in [0, 0.05) is 25.8 Å². The van der Waals surface area contributed by atoms with Crippen LogP contribution in [0.15, 0.2) is 0 Å². The number of hydrogen-bond donors (Lipinski definition) is 1. The van der Waals surface area contributed by atoms with Crippen molar-refractivity contribution in [3.05, 3.63) is 0 Å². The van der Waals surface area contributed by atoms with Gasteiger partial charge in [0.05, 0.1) is 5.92 Å². The summed E-state index contributed by atoms with van der Waals surface area (Å²) in [4.78, 5) is 0. The Morgan fingerprint density at radius 2 is 1.69 bits per heavy atom. The zero-order valence-electron chi connectivity index (χ0n) is 9.22. The van der Waals surface area contributed by atoms with E-state index in [0.29, 0.717) is 12.3 Å². The van der Waals surface area contributed by atoms with Gasteiger partial charge in [-0.25, -0.2) is 0 Å². The van der Waals surface area contributed by atoms with Crippen LogP contribution in [0, 0.1) is 11.8 Å². The Balaban J connectivity index is 1.80. The van der Waals surface area contributed by atoms with Gasteiger partial charge in [-0.2, -0.15) is 13.2 Å². The quantitative estimate of drug-likeness (QED) is 0.755. The fraction of sp³-hybridized carbons (Fsp3) is 1.00. The third-order valence-electron chi connectivity index (χ3n) is 3.75. The van der Waals surface area contributed by atoms with Crippen LogP contribution in [-0.2, 0) is 4.74 Å². The topological polar surface area (TPSA) is 21.3 Å². The number of alkyl halides is 3. The van der Waals surface area contributed by atoms with Gasteiger partial charge in [0.1, 0.15) is 0 Å². The summed E-state index contributed by atoms with van der Waals surface area (Å²) in [6, 6.07) is 0.266. The molecular formula is C11H18F3NO. The summed E-state index contributed by atoms with van der Waals surface area (Å²) in [7, 11) is 0. The van der Waals surface area contributed by atoms with Crippen LogP contribution in [-0.4, -0.2) is 32.0 Å².